The normalized spacial score (nSPS) is 10.6. The Morgan fingerprint density at radius 1 is 1.41 bits per heavy atom. The van der Waals surface area contributed by atoms with Gasteiger partial charge in [-0.2, -0.15) is 0 Å². The van der Waals surface area contributed by atoms with Crippen LogP contribution in [0.4, 0.5) is 5.69 Å². The average Bonchev–Trinajstić information content (AvgIpc) is 2.86. The Hall–Kier alpha value is -2.02. The minimum Gasteiger partial charge on any atom is -0.325 e. The fraction of sp³-hybridized carbons (Fsp3) is 0.400. The molecule has 0 spiro atoms. The molecule has 0 radical (unpaired) electrons. The summed E-state index contributed by atoms with van der Waals surface area (Å²) in [7, 11) is 0. The number of aromatic amines is 1. The molecule has 22 heavy (non-hydrogen) atoms. The second-order valence-electron chi connectivity index (χ2n) is 4.85. The van der Waals surface area contributed by atoms with E-state index in [0.717, 1.165) is 18.5 Å². The van der Waals surface area contributed by atoms with Gasteiger partial charge in [-0.05, 0) is 30.5 Å². The fourth-order valence-electron chi connectivity index (χ4n) is 2.03. The highest BCUT2D eigenvalue weighted by atomic mass is 32.2. The number of anilines is 1. The van der Waals surface area contributed by atoms with Gasteiger partial charge >= 0.3 is 5.69 Å². The van der Waals surface area contributed by atoms with Crippen LogP contribution in [0.15, 0.2) is 34.2 Å². The van der Waals surface area contributed by atoms with Gasteiger partial charge in [-0.15, -0.1) is 5.10 Å². The zero-order valence-electron chi connectivity index (χ0n) is 12.8. The maximum absolute atomic E-state index is 12.0. The van der Waals surface area contributed by atoms with Gasteiger partial charge in [0.25, 0.3) is 0 Å². The van der Waals surface area contributed by atoms with Gasteiger partial charge in [0.1, 0.15) is 0 Å². The van der Waals surface area contributed by atoms with Crippen molar-refractivity contribution in [3.63, 3.8) is 0 Å². The van der Waals surface area contributed by atoms with Gasteiger partial charge in [-0.3, -0.25) is 9.36 Å². The van der Waals surface area contributed by atoms with Crippen LogP contribution in [0.1, 0.15) is 25.8 Å². The largest absolute Gasteiger partial charge is 0.343 e. The molecule has 0 saturated carbocycles. The fourth-order valence-corrected chi connectivity index (χ4v) is 2.80. The SMILES string of the molecule is CCCn1c(SCC(=O)Nc2cccc(CC)c2)n[nH]c1=O. The summed E-state index contributed by atoms with van der Waals surface area (Å²) in [5.74, 6) is 0.0985. The summed E-state index contributed by atoms with van der Waals surface area (Å²) in [5, 5.41) is 9.77. The van der Waals surface area contributed by atoms with E-state index in [1.165, 1.54) is 17.3 Å². The molecule has 6 nitrogen and oxygen atoms in total. The molecule has 0 aliphatic rings. The maximum atomic E-state index is 12.0. The molecular formula is C15H20N4O2S. The number of nitrogens with one attached hydrogen (secondary N) is 2. The zero-order chi connectivity index (χ0) is 15.9. The van der Waals surface area contributed by atoms with Crippen LogP contribution in [0.5, 0.6) is 0 Å². The number of carbonyl (C=O) groups excluding carboxylic acids is 1. The van der Waals surface area contributed by atoms with Crippen LogP contribution in [0.3, 0.4) is 0 Å². The number of aryl methyl sites for hydroxylation is 1. The van der Waals surface area contributed by atoms with E-state index in [1.807, 2.05) is 31.2 Å². The average molecular weight is 320 g/mol. The lowest BCUT2D eigenvalue weighted by molar-refractivity contribution is -0.113. The second kappa shape index (κ2) is 7.84. The van der Waals surface area contributed by atoms with Crippen LogP contribution >= 0.6 is 11.8 Å². The molecule has 2 rings (SSSR count). The summed E-state index contributed by atoms with van der Waals surface area (Å²) in [6.07, 6.45) is 1.76. The van der Waals surface area contributed by atoms with Crippen molar-refractivity contribution < 1.29 is 4.79 Å². The van der Waals surface area contributed by atoms with Crippen molar-refractivity contribution in [1.29, 1.82) is 0 Å². The predicted octanol–water partition coefficient (Wildman–Crippen LogP) is 2.27. The van der Waals surface area contributed by atoms with Gasteiger partial charge in [0.15, 0.2) is 5.16 Å². The number of aromatic nitrogens is 3. The third-order valence-corrected chi connectivity index (χ3v) is 4.10. The van der Waals surface area contributed by atoms with E-state index >= 15 is 0 Å². The lowest BCUT2D eigenvalue weighted by atomic mass is 10.1. The first-order valence-electron chi connectivity index (χ1n) is 7.30. The highest BCUT2D eigenvalue weighted by Crippen LogP contribution is 2.15. The minimum atomic E-state index is -0.236. The molecule has 118 valence electrons. The van der Waals surface area contributed by atoms with E-state index in [0.29, 0.717) is 11.7 Å². The van der Waals surface area contributed by atoms with Gasteiger partial charge in [-0.25, -0.2) is 9.89 Å². The van der Waals surface area contributed by atoms with Gasteiger partial charge < -0.3 is 5.32 Å². The molecule has 1 aromatic carbocycles. The van der Waals surface area contributed by atoms with Gasteiger partial charge in [0, 0.05) is 12.2 Å². The molecule has 2 N–H and O–H groups in total. The van der Waals surface area contributed by atoms with Crippen LogP contribution in [-0.4, -0.2) is 26.4 Å². The van der Waals surface area contributed by atoms with Crippen LogP contribution < -0.4 is 11.0 Å². The van der Waals surface area contributed by atoms with E-state index in [-0.39, 0.29) is 17.3 Å². The highest BCUT2D eigenvalue weighted by molar-refractivity contribution is 7.99. The summed E-state index contributed by atoms with van der Waals surface area (Å²) in [5.41, 5.74) is 1.73. The summed E-state index contributed by atoms with van der Waals surface area (Å²) in [4.78, 5) is 23.6. The number of nitrogens with zero attached hydrogens (tertiary/aromatic N) is 2. The van der Waals surface area contributed by atoms with Crippen molar-refractivity contribution in [2.45, 2.75) is 38.4 Å². The number of hydrogen-bond acceptors (Lipinski definition) is 4. The maximum Gasteiger partial charge on any atom is 0.343 e. The van der Waals surface area contributed by atoms with Crippen molar-refractivity contribution in [3.8, 4) is 0 Å². The molecule has 0 bridgehead atoms. The Kier molecular flexibility index (Phi) is 5.83. The summed E-state index contributed by atoms with van der Waals surface area (Å²) in [6, 6.07) is 7.78. The number of hydrogen-bond donors (Lipinski definition) is 2. The second-order valence-corrected chi connectivity index (χ2v) is 5.80. The number of amides is 1. The van der Waals surface area contributed by atoms with Gasteiger partial charge in [-0.1, -0.05) is 37.7 Å². The van der Waals surface area contributed by atoms with Crippen LogP contribution in [-0.2, 0) is 17.8 Å². The van der Waals surface area contributed by atoms with Crippen LogP contribution in [0.2, 0.25) is 0 Å². The van der Waals surface area contributed by atoms with E-state index in [1.54, 1.807) is 4.57 Å². The van der Waals surface area contributed by atoms with E-state index < -0.39 is 0 Å². The number of benzene rings is 1. The minimum absolute atomic E-state index is 0.114. The van der Waals surface area contributed by atoms with Crippen molar-refractivity contribution in [2.24, 2.45) is 0 Å². The predicted molar refractivity (Wildman–Crippen MR) is 88.3 cm³/mol. The van der Waals surface area contributed by atoms with E-state index in [2.05, 4.69) is 22.4 Å². The number of carbonyl (C=O) groups is 1. The summed E-state index contributed by atoms with van der Waals surface area (Å²) < 4.78 is 1.55. The van der Waals surface area contributed by atoms with Crippen molar-refractivity contribution in [1.82, 2.24) is 14.8 Å². The quantitative estimate of drug-likeness (QED) is 0.767. The van der Waals surface area contributed by atoms with E-state index in [9.17, 15) is 9.59 Å². The first kappa shape index (κ1) is 16.4. The van der Waals surface area contributed by atoms with Gasteiger partial charge in [0.05, 0.1) is 5.75 Å². The number of thioether (sulfide) groups is 1. The Balaban J connectivity index is 1.94. The monoisotopic (exact) mass is 320 g/mol. The van der Waals surface area contributed by atoms with Crippen molar-refractivity contribution in [2.75, 3.05) is 11.1 Å². The third-order valence-electron chi connectivity index (χ3n) is 3.12. The summed E-state index contributed by atoms with van der Waals surface area (Å²) >= 11 is 1.25. The van der Waals surface area contributed by atoms with Crippen molar-refractivity contribution in [3.05, 3.63) is 40.3 Å². The molecule has 1 amide bonds. The molecule has 1 heterocycles. The van der Waals surface area contributed by atoms with Gasteiger partial charge in [0.2, 0.25) is 5.91 Å². The third kappa shape index (κ3) is 4.24. The lowest BCUT2D eigenvalue weighted by Crippen LogP contribution is -2.18. The highest BCUT2D eigenvalue weighted by Gasteiger charge is 2.11. The van der Waals surface area contributed by atoms with Crippen LogP contribution in [0.25, 0.3) is 0 Å². The molecule has 0 fully saturated rings. The topological polar surface area (TPSA) is 79.8 Å². The molecule has 0 aliphatic carbocycles. The first-order valence-corrected chi connectivity index (χ1v) is 8.29. The molecule has 1 aromatic heterocycles. The van der Waals surface area contributed by atoms with Crippen molar-refractivity contribution >= 4 is 23.4 Å². The summed E-state index contributed by atoms with van der Waals surface area (Å²) in [6.45, 7) is 4.65. The molecule has 2 aromatic rings. The van der Waals surface area contributed by atoms with E-state index in [4.69, 9.17) is 0 Å². The first-order chi connectivity index (χ1) is 10.6. The number of H-pyrrole nitrogens is 1. The Bertz CT molecular complexity index is 693. The Morgan fingerprint density at radius 3 is 2.95 bits per heavy atom. The zero-order valence-corrected chi connectivity index (χ0v) is 13.6. The molecule has 0 saturated heterocycles. The molecular weight excluding hydrogens is 300 g/mol. The van der Waals surface area contributed by atoms with Crippen LogP contribution in [0, 0.1) is 0 Å². The lowest BCUT2D eigenvalue weighted by Gasteiger charge is -2.07. The molecule has 0 unspecified atom stereocenters. The molecule has 0 aliphatic heterocycles. The Labute approximate surface area is 133 Å². The molecule has 7 heteroatoms. The Morgan fingerprint density at radius 2 is 2.23 bits per heavy atom. The standard InChI is InChI=1S/C15H20N4O2S/c1-3-8-19-14(21)17-18-15(19)22-10-13(20)16-12-7-5-6-11(4-2)9-12/h5-7,9H,3-4,8,10H2,1-2H3,(H,16,20)(H,17,21). The molecule has 0 atom stereocenters. The smallest absolute Gasteiger partial charge is 0.325 e. The number of rotatable bonds is 7.